The first kappa shape index (κ1) is 26.3. The Morgan fingerprint density at radius 3 is 2.20 bits per heavy atom. The minimum absolute atomic E-state index is 0. The van der Waals surface area contributed by atoms with E-state index < -0.39 is 5.97 Å². The van der Waals surface area contributed by atoms with Crippen molar-refractivity contribution >= 4 is 11.7 Å². The number of aliphatic carboxylic acids is 1. The number of ether oxygens (including phenoxy) is 2. The molecule has 0 spiro atoms. The van der Waals surface area contributed by atoms with E-state index in [4.69, 9.17) is 19.6 Å². The molecule has 8 heteroatoms. The summed E-state index contributed by atoms with van der Waals surface area (Å²) >= 11 is 0. The Morgan fingerprint density at radius 1 is 1.00 bits per heavy atom. The molecule has 0 amide bonds. The Bertz CT molecular complexity index is 1200. The molecule has 2 unspecified atom stereocenters. The molecule has 1 aliphatic carbocycles. The van der Waals surface area contributed by atoms with Crippen LogP contribution in [-0.2, 0) is 16.2 Å². The minimum Gasteiger partial charge on any atom is -0.550 e. The van der Waals surface area contributed by atoms with Crippen molar-refractivity contribution in [2.24, 2.45) is 11.1 Å². The van der Waals surface area contributed by atoms with Crippen LogP contribution in [0.3, 0.4) is 0 Å². The molecule has 0 aliphatic heterocycles. The van der Waals surface area contributed by atoms with E-state index in [0.29, 0.717) is 30.1 Å². The number of carbonyl (C=O) groups is 1. The van der Waals surface area contributed by atoms with Gasteiger partial charge in [-0.3, -0.25) is 0 Å². The molecule has 0 heterocycles. The maximum atomic E-state index is 10.9. The van der Waals surface area contributed by atoms with Crippen molar-refractivity contribution in [3.63, 3.8) is 0 Å². The Balaban J connectivity index is 0.00000342. The summed E-state index contributed by atoms with van der Waals surface area (Å²) in [5.41, 5.74) is 3.98. The monoisotopic (exact) mass is 478 g/mol. The number of rotatable bonds is 10. The fourth-order valence-electron chi connectivity index (χ4n) is 3.65. The normalized spacial score (nSPS) is 16.4. The van der Waals surface area contributed by atoms with Gasteiger partial charge >= 0.3 is 29.6 Å². The Labute approximate surface area is 226 Å². The molecule has 0 radical (unpaired) electrons. The van der Waals surface area contributed by atoms with Crippen molar-refractivity contribution in [3.05, 3.63) is 95.1 Å². The first-order valence-corrected chi connectivity index (χ1v) is 10.8. The van der Waals surface area contributed by atoms with Crippen LogP contribution in [0.1, 0.15) is 34.6 Å². The van der Waals surface area contributed by atoms with Gasteiger partial charge in [-0.15, -0.1) is 0 Å². The van der Waals surface area contributed by atoms with Crippen molar-refractivity contribution in [2.45, 2.75) is 18.9 Å². The summed E-state index contributed by atoms with van der Waals surface area (Å²) in [5.74, 6) is 0.107. The third-order valence-corrected chi connectivity index (χ3v) is 5.65. The average molecular weight is 478 g/mol. The minimum atomic E-state index is -0.978. The molecule has 1 fully saturated rings. The molecule has 0 bridgehead atoms. The summed E-state index contributed by atoms with van der Waals surface area (Å²) in [6.45, 7) is 0.605. The van der Waals surface area contributed by atoms with Gasteiger partial charge in [-0.1, -0.05) is 41.6 Å². The second-order valence-corrected chi connectivity index (χ2v) is 7.97. The van der Waals surface area contributed by atoms with Crippen LogP contribution in [0.15, 0.2) is 78.0 Å². The molecule has 35 heavy (non-hydrogen) atoms. The predicted octanol–water partition coefficient (Wildman–Crippen LogP) is 0.424. The van der Waals surface area contributed by atoms with Crippen LogP contribution in [-0.4, -0.2) is 25.4 Å². The van der Waals surface area contributed by atoms with Crippen LogP contribution >= 0.6 is 0 Å². The van der Waals surface area contributed by atoms with Crippen molar-refractivity contribution in [1.82, 2.24) is 0 Å². The Kier molecular flexibility index (Phi) is 9.32. The molecule has 3 aromatic rings. The van der Waals surface area contributed by atoms with Gasteiger partial charge in [-0.25, -0.2) is 0 Å². The van der Waals surface area contributed by atoms with E-state index in [0.717, 1.165) is 22.4 Å². The van der Waals surface area contributed by atoms with E-state index in [-0.39, 0.29) is 48.0 Å². The molecule has 1 aliphatic rings. The molecule has 0 saturated heterocycles. The number of hydrogen-bond donors (Lipinski definition) is 0. The SMILES string of the molecule is CON=C(COc1ccc(COc2ccc(C3CC3C(=O)[O-])cc2)cc1)c1ccc(C#N)cc1.[Na+]. The molecule has 172 valence electrons. The molecule has 3 aromatic carbocycles. The maximum Gasteiger partial charge on any atom is 1.00 e. The van der Waals surface area contributed by atoms with Gasteiger partial charge in [-0.05, 0) is 59.9 Å². The summed E-state index contributed by atoms with van der Waals surface area (Å²) in [7, 11) is 1.47. The van der Waals surface area contributed by atoms with Gasteiger partial charge in [0.1, 0.15) is 37.5 Å². The zero-order valence-electron chi connectivity index (χ0n) is 19.6. The zero-order valence-corrected chi connectivity index (χ0v) is 21.6. The Hall–Kier alpha value is -3.31. The summed E-state index contributed by atoms with van der Waals surface area (Å²) in [5, 5.41) is 23.9. The molecule has 2 atom stereocenters. The van der Waals surface area contributed by atoms with E-state index in [9.17, 15) is 9.90 Å². The molecule has 4 rings (SSSR count). The predicted molar refractivity (Wildman–Crippen MR) is 123 cm³/mol. The van der Waals surface area contributed by atoms with Crippen LogP contribution < -0.4 is 44.1 Å². The summed E-state index contributed by atoms with van der Waals surface area (Å²) in [4.78, 5) is 15.9. The smallest absolute Gasteiger partial charge is 0.550 e. The van der Waals surface area contributed by atoms with Crippen LogP contribution in [0.5, 0.6) is 11.5 Å². The first-order chi connectivity index (χ1) is 16.6. The number of carbonyl (C=O) groups excluding carboxylic acids is 1. The molecule has 0 aromatic heterocycles. The molecular formula is C27H23N2NaO5. The average Bonchev–Trinajstić information content (AvgIpc) is 3.68. The quantitative estimate of drug-likeness (QED) is 0.238. The largest absolute Gasteiger partial charge is 1.00 e. The van der Waals surface area contributed by atoms with Crippen molar-refractivity contribution < 1.29 is 53.8 Å². The number of hydrogen-bond acceptors (Lipinski definition) is 7. The molecular weight excluding hydrogens is 455 g/mol. The van der Waals surface area contributed by atoms with E-state index in [1.165, 1.54) is 7.11 Å². The number of carboxylic acid groups (broad SMARTS) is 1. The fourth-order valence-corrected chi connectivity index (χ4v) is 3.65. The van der Waals surface area contributed by atoms with E-state index in [1.807, 2.05) is 48.5 Å². The number of nitriles is 1. The fraction of sp³-hybridized carbons (Fsp3) is 0.222. The van der Waals surface area contributed by atoms with E-state index >= 15 is 0 Å². The second-order valence-electron chi connectivity index (χ2n) is 7.97. The third-order valence-electron chi connectivity index (χ3n) is 5.65. The van der Waals surface area contributed by atoms with Crippen LogP contribution in [0.25, 0.3) is 0 Å². The van der Waals surface area contributed by atoms with Crippen LogP contribution in [0.4, 0.5) is 0 Å². The van der Waals surface area contributed by atoms with Gasteiger partial charge in [0, 0.05) is 17.5 Å². The van der Waals surface area contributed by atoms with Crippen molar-refractivity contribution in [2.75, 3.05) is 13.7 Å². The second kappa shape index (κ2) is 12.4. The van der Waals surface area contributed by atoms with Crippen molar-refractivity contribution in [1.29, 1.82) is 5.26 Å². The zero-order chi connectivity index (χ0) is 23.9. The molecule has 1 saturated carbocycles. The Morgan fingerprint density at radius 2 is 1.63 bits per heavy atom. The van der Waals surface area contributed by atoms with Gasteiger partial charge in [0.2, 0.25) is 0 Å². The maximum absolute atomic E-state index is 10.9. The van der Waals surface area contributed by atoms with Gasteiger partial charge in [0.05, 0.1) is 11.6 Å². The first-order valence-electron chi connectivity index (χ1n) is 10.8. The van der Waals surface area contributed by atoms with Crippen LogP contribution in [0, 0.1) is 17.2 Å². The number of benzene rings is 3. The summed E-state index contributed by atoms with van der Waals surface area (Å²) in [6.07, 6.45) is 0.642. The van der Waals surface area contributed by atoms with Crippen LogP contribution in [0.2, 0.25) is 0 Å². The summed E-state index contributed by atoms with van der Waals surface area (Å²) < 4.78 is 11.7. The molecule has 7 nitrogen and oxygen atoms in total. The van der Waals surface area contributed by atoms with Crippen molar-refractivity contribution in [3.8, 4) is 17.6 Å². The van der Waals surface area contributed by atoms with Gasteiger partial charge < -0.3 is 24.2 Å². The number of nitrogens with zero attached hydrogens (tertiary/aromatic N) is 2. The standard InChI is InChI=1S/C27H24N2O5.Na/c1-32-29-26(21-6-2-18(15-28)3-7-21)17-34-22-10-4-19(5-11-22)16-33-23-12-8-20(9-13-23)24-14-25(24)27(30)31;/h2-13,24-25H,14,16-17H2,1H3,(H,30,31);/q;+1/p-1. The van der Waals surface area contributed by atoms with Gasteiger partial charge in [0.15, 0.2) is 0 Å². The number of oxime groups is 1. The number of carboxylic acids is 1. The topological polar surface area (TPSA) is 104 Å². The third kappa shape index (κ3) is 7.09. The van der Waals surface area contributed by atoms with Gasteiger partial charge in [0.25, 0.3) is 0 Å². The molecule has 0 N–H and O–H groups in total. The summed E-state index contributed by atoms with van der Waals surface area (Å²) in [6, 6.07) is 24.2. The van der Waals surface area contributed by atoms with E-state index in [1.54, 1.807) is 24.3 Å². The van der Waals surface area contributed by atoms with E-state index in [2.05, 4.69) is 11.2 Å². The van der Waals surface area contributed by atoms with Gasteiger partial charge in [-0.2, -0.15) is 5.26 Å².